The minimum atomic E-state index is -1.19. The lowest BCUT2D eigenvalue weighted by atomic mass is 9.84. The molecule has 7 heteroatoms. The first-order chi connectivity index (χ1) is 16.2. The number of carbonyl (C=O) groups is 3. The zero-order chi connectivity index (χ0) is 24.2. The molecule has 1 N–H and O–H groups in total. The Bertz CT molecular complexity index is 1340. The maximum atomic E-state index is 13.5. The standard InChI is InChI=1S/C27H27N3O4/c1-16-11-17(2)13-20(12-16)30-18(3)14-21(19(30)4)23(31)15-29-25(32)27(28-26(29)33)9-10-34-24-8-6-5-7-22(24)27/h5-8,11-14H,9-10,15H2,1-4H3,(H,28,33)/t27-/m0/s1. The number of fused-ring (bicyclic) bond motifs is 2. The van der Waals surface area contributed by atoms with E-state index >= 15 is 0 Å². The second-order valence-corrected chi connectivity index (χ2v) is 9.21. The predicted octanol–water partition coefficient (Wildman–Crippen LogP) is 4.12. The molecular weight excluding hydrogens is 430 g/mol. The van der Waals surface area contributed by atoms with Crippen LogP contribution < -0.4 is 10.1 Å². The summed E-state index contributed by atoms with van der Waals surface area (Å²) in [6.45, 7) is 7.91. The Morgan fingerprint density at radius 2 is 1.74 bits per heavy atom. The summed E-state index contributed by atoms with van der Waals surface area (Å²) in [5.74, 6) is -0.109. The van der Waals surface area contributed by atoms with Crippen LogP contribution in [0, 0.1) is 27.7 Å². The van der Waals surface area contributed by atoms with Gasteiger partial charge in [0.1, 0.15) is 5.75 Å². The third-order valence-corrected chi connectivity index (χ3v) is 6.76. The second kappa shape index (κ2) is 7.87. The summed E-state index contributed by atoms with van der Waals surface area (Å²) in [4.78, 5) is 40.8. The van der Waals surface area contributed by atoms with E-state index in [1.807, 2.05) is 50.5 Å². The molecule has 34 heavy (non-hydrogen) atoms. The molecule has 1 aromatic heterocycles. The van der Waals surface area contributed by atoms with Crippen LogP contribution in [0.4, 0.5) is 4.79 Å². The first-order valence-electron chi connectivity index (χ1n) is 11.4. The highest BCUT2D eigenvalue weighted by Crippen LogP contribution is 2.41. The Hall–Kier alpha value is -3.87. The monoisotopic (exact) mass is 457 g/mol. The van der Waals surface area contributed by atoms with Crippen molar-refractivity contribution in [1.82, 2.24) is 14.8 Å². The van der Waals surface area contributed by atoms with Gasteiger partial charge in [-0.05, 0) is 63.1 Å². The van der Waals surface area contributed by atoms with E-state index < -0.39 is 17.5 Å². The van der Waals surface area contributed by atoms with E-state index in [9.17, 15) is 14.4 Å². The van der Waals surface area contributed by atoms with E-state index in [1.54, 1.807) is 12.1 Å². The van der Waals surface area contributed by atoms with Gasteiger partial charge in [0.15, 0.2) is 11.3 Å². The summed E-state index contributed by atoms with van der Waals surface area (Å²) in [7, 11) is 0. The number of imide groups is 1. The van der Waals surface area contributed by atoms with Gasteiger partial charge in [-0.15, -0.1) is 0 Å². The number of hydrogen-bond donors (Lipinski definition) is 1. The largest absolute Gasteiger partial charge is 0.493 e. The minimum absolute atomic E-state index is 0.274. The van der Waals surface area contributed by atoms with Gasteiger partial charge < -0.3 is 14.6 Å². The predicted molar refractivity (Wildman–Crippen MR) is 128 cm³/mol. The fraction of sp³-hybridized carbons (Fsp3) is 0.296. The summed E-state index contributed by atoms with van der Waals surface area (Å²) in [6.07, 6.45) is 0.320. The molecule has 3 amide bonds. The maximum absolute atomic E-state index is 13.5. The number of nitrogens with one attached hydrogen (secondary N) is 1. The fourth-order valence-electron chi connectivity index (χ4n) is 5.27. The van der Waals surface area contributed by atoms with Crippen LogP contribution in [0.3, 0.4) is 0 Å². The molecule has 1 saturated heterocycles. The Labute approximate surface area is 198 Å². The van der Waals surface area contributed by atoms with Gasteiger partial charge in [-0.25, -0.2) is 4.79 Å². The molecule has 1 atom stereocenters. The van der Waals surface area contributed by atoms with E-state index in [0.717, 1.165) is 33.1 Å². The molecule has 0 aliphatic carbocycles. The van der Waals surface area contributed by atoms with Crippen molar-refractivity contribution in [3.8, 4) is 11.4 Å². The number of aromatic nitrogens is 1. The van der Waals surface area contributed by atoms with E-state index in [1.165, 1.54) is 0 Å². The highest BCUT2D eigenvalue weighted by molar-refractivity contribution is 6.12. The summed E-state index contributed by atoms with van der Waals surface area (Å²) >= 11 is 0. The average Bonchev–Trinajstić information content (AvgIpc) is 3.21. The molecule has 1 spiro atoms. The maximum Gasteiger partial charge on any atom is 0.325 e. The number of amides is 3. The summed E-state index contributed by atoms with van der Waals surface area (Å²) in [6, 6.07) is 14.7. The molecule has 3 aromatic rings. The molecule has 0 bridgehead atoms. The van der Waals surface area contributed by atoms with Crippen molar-refractivity contribution < 1.29 is 19.1 Å². The first-order valence-corrected chi connectivity index (χ1v) is 11.4. The number of aryl methyl sites for hydroxylation is 3. The molecule has 7 nitrogen and oxygen atoms in total. The van der Waals surface area contributed by atoms with Crippen LogP contribution in [0.5, 0.6) is 5.75 Å². The molecular formula is C27H27N3O4. The van der Waals surface area contributed by atoms with Gasteiger partial charge in [0, 0.05) is 34.6 Å². The molecule has 3 heterocycles. The van der Waals surface area contributed by atoms with Crippen LogP contribution >= 0.6 is 0 Å². The molecule has 5 rings (SSSR count). The van der Waals surface area contributed by atoms with Gasteiger partial charge in [-0.3, -0.25) is 14.5 Å². The number of ether oxygens (including phenoxy) is 1. The SMILES string of the molecule is Cc1cc(C)cc(-n2c(C)cc(C(=O)CN3C(=O)N[C@]4(CCOc5ccccc54)C3=O)c2C)c1. The summed E-state index contributed by atoms with van der Waals surface area (Å²) < 4.78 is 7.72. The number of ketones is 1. The van der Waals surface area contributed by atoms with Crippen LogP contribution in [0.15, 0.2) is 48.5 Å². The number of nitrogens with zero attached hydrogens (tertiary/aromatic N) is 2. The number of benzene rings is 2. The van der Waals surface area contributed by atoms with Crippen molar-refractivity contribution in [3.05, 3.63) is 82.2 Å². The van der Waals surface area contributed by atoms with E-state index in [2.05, 4.69) is 23.5 Å². The van der Waals surface area contributed by atoms with Crippen molar-refractivity contribution in [3.63, 3.8) is 0 Å². The van der Waals surface area contributed by atoms with Crippen molar-refractivity contribution in [2.45, 2.75) is 39.7 Å². The van der Waals surface area contributed by atoms with Gasteiger partial charge in [0.25, 0.3) is 5.91 Å². The van der Waals surface area contributed by atoms with E-state index in [-0.39, 0.29) is 12.3 Å². The molecule has 0 unspecified atom stereocenters. The average molecular weight is 458 g/mol. The topological polar surface area (TPSA) is 80.6 Å². The molecule has 0 radical (unpaired) electrons. The van der Waals surface area contributed by atoms with E-state index in [4.69, 9.17) is 4.74 Å². The Morgan fingerprint density at radius 1 is 1.03 bits per heavy atom. The fourth-order valence-corrected chi connectivity index (χ4v) is 5.27. The van der Waals surface area contributed by atoms with Gasteiger partial charge in [0.05, 0.1) is 13.2 Å². The molecule has 2 aromatic carbocycles. The van der Waals surface area contributed by atoms with Crippen LogP contribution in [0.25, 0.3) is 5.69 Å². The number of rotatable bonds is 4. The highest BCUT2D eigenvalue weighted by Gasteiger charge is 2.55. The molecule has 2 aliphatic rings. The number of Topliss-reactive ketones (excluding diaryl/α,β-unsaturated/α-hetero) is 1. The summed E-state index contributed by atoms with van der Waals surface area (Å²) in [5, 5.41) is 2.85. The van der Waals surface area contributed by atoms with Crippen molar-refractivity contribution in [2.24, 2.45) is 0 Å². The second-order valence-electron chi connectivity index (χ2n) is 9.21. The van der Waals surface area contributed by atoms with Gasteiger partial charge in [-0.1, -0.05) is 24.3 Å². The third kappa shape index (κ3) is 3.31. The van der Waals surface area contributed by atoms with Crippen LogP contribution in [0.1, 0.15) is 44.9 Å². The number of carbonyl (C=O) groups excluding carboxylic acids is 3. The zero-order valence-corrected chi connectivity index (χ0v) is 19.8. The van der Waals surface area contributed by atoms with Crippen molar-refractivity contribution in [1.29, 1.82) is 0 Å². The Morgan fingerprint density at radius 3 is 2.47 bits per heavy atom. The van der Waals surface area contributed by atoms with Gasteiger partial charge in [0.2, 0.25) is 0 Å². The third-order valence-electron chi connectivity index (χ3n) is 6.76. The first kappa shape index (κ1) is 21.9. The Kier molecular flexibility index (Phi) is 5.08. The molecule has 2 aliphatic heterocycles. The Balaban J connectivity index is 1.45. The lowest BCUT2D eigenvalue weighted by Crippen LogP contribution is -2.47. The molecule has 1 fully saturated rings. The quantitative estimate of drug-likeness (QED) is 0.472. The number of hydrogen-bond acceptors (Lipinski definition) is 4. The highest BCUT2D eigenvalue weighted by atomic mass is 16.5. The molecule has 174 valence electrons. The van der Waals surface area contributed by atoms with Gasteiger partial charge >= 0.3 is 6.03 Å². The van der Waals surface area contributed by atoms with Crippen LogP contribution in [0.2, 0.25) is 0 Å². The lowest BCUT2D eigenvalue weighted by molar-refractivity contribution is -0.132. The number of urea groups is 1. The van der Waals surface area contributed by atoms with Crippen LogP contribution in [-0.2, 0) is 10.3 Å². The molecule has 0 saturated carbocycles. The number of para-hydroxylation sites is 1. The van der Waals surface area contributed by atoms with E-state index in [0.29, 0.717) is 29.9 Å². The van der Waals surface area contributed by atoms with Crippen LogP contribution in [-0.4, -0.2) is 40.3 Å². The van der Waals surface area contributed by atoms with Gasteiger partial charge in [-0.2, -0.15) is 0 Å². The normalized spacial score (nSPS) is 19.2. The van der Waals surface area contributed by atoms with Crippen molar-refractivity contribution >= 4 is 17.7 Å². The smallest absolute Gasteiger partial charge is 0.325 e. The zero-order valence-electron chi connectivity index (χ0n) is 19.8. The minimum Gasteiger partial charge on any atom is -0.493 e. The van der Waals surface area contributed by atoms with Crippen molar-refractivity contribution in [2.75, 3.05) is 13.2 Å². The lowest BCUT2D eigenvalue weighted by Gasteiger charge is -2.33. The summed E-state index contributed by atoms with van der Waals surface area (Å²) in [5.41, 5.74) is 4.90.